The van der Waals surface area contributed by atoms with Gasteiger partial charge in [-0.2, -0.15) is 8.42 Å². The molecule has 0 aromatic rings. The Hall–Kier alpha value is 0.376. The molecule has 0 saturated carbocycles. The van der Waals surface area contributed by atoms with Crippen LogP contribution in [0.25, 0.3) is 0 Å². The maximum absolute atomic E-state index is 9.68. The molecule has 9 heavy (non-hydrogen) atoms. The van der Waals surface area contributed by atoms with Crippen LogP contribution < -0.4 is 0 Å². The molecule has 0 amide bonds. The molecular weight excluding hydrogens is 156 g/mol. The second kappa shape index (κ2) is 5.18. The molecule has 0 aliphatic heterocycles. The molecule has 1 N–H and O–H groups in total. The topological polar surface area (TPSA) is 63.6 Å². The molecule has 0 aromatic carbocycles. The van der Waals surface area contributed by atoms with E-state index in [4.69, 9.17) is 4.55 Å². The molecule has 0 spiro atoms. The van der Waals surface area contributed by atoms with Crippen molar-refractivity contribution in [3.8, 4) is 0 Å². The first-order valence-corrected chi connectivity index (χ1v) is 3.15. The van der Waals surface area contributed by atoms with E-state index in [1.807, 2.05) is 0 Å². The molecule has 0 saturated heterocycles. The van der Waals surface area contributed by atoms with Crippen LogP contribution in [0.3, 0.4) is 0 Å². The van der Waals surface area contributed by atoms with Gasteiger partial charge in [0.25, 0.3) is 0 Å². The van der Waals surface area contributed by atoms with Crippen molar-refractivity contribution in [2.45, 2.75) is 0 Å². The van der Waals surface area contributed by atoms with Crippen molar-refractivity contribution in [2.75, 3.05) is 6.61 Å². The van der Waals surface area contributed by atoms with Gasteiger partial charge in [0.1, 0.15) is 0 Å². The van der Waals surface area contributed by atoms with Crippen LogP contribution in [-0.4, -0.2) is 42.6 Å². The molecule has 0 radical (unpaired) electrons. The predicted octanol–water partition coefficient (Wildman–Crippen LogP) is -0.164. The van der Waals surface area contributed by atoms with Crippen molar-refractivity contribution in [3.05, 3.63) is 12.7 Å². The first-order chi connectivity index (χ1) is 3.56. The largest absolute Gasteiger partial charge is 2.00 e. The van der Waals surface area contributed by atoms with Crippen molar-refractivity contribution >= 4 is 33.5 Å². The van der Waals surface area contributed by atoms with Crippen LogP contribution in [0, 0.1) is 0 Å². The Morgan fingerprint density at radius 3 is 2.33 bits per heavy atom. The fourth-order valence-corrected chi connectivity index (χ4v) is 0.402. The normalized spacial score (nSPS) is 9.89. The fourth-order valence-electron chi connectivity index (χ4n) is 0.134. The monoisotopic (exact) mass is 164 g/mol. The van der Waals surface area contributed by atoms with E-state index in [0.717, 1.165) is 0 Å². The first-order valence-electron chi connectivity index (χ1n) is 1.79. The third-order valence-electron chi connectivity index (χ3n) is 0.335. The van der Waals surface area contributed by atoms with Crippen molar-refractivity contribution in [2.24, 2.45) is 0 Å². The standard InChI is InChI=1S/C3H6O4S.Mg.2H/c1-2-3-7-8(4,5)6;;;/h2H,1,3H2,(H,4,5,6);;;/q;+2;2*-1. The summed E-state index contributed by atoms with van der Waals surface area (Å²) in [5, 5.41) is 0. The third kappa shape index (κ3) is 11.8. The van der Waals surface area contributed by atoms with Gasteiger partial charge in [-0.1, -0.05) is 6.08 Å². The maximum atomic E-state index is 9.68. The molecule has 0 unspecified atom stereocenters. The molecule has 0 aliphatic rings. The Bertz CT molecular complexity index is 168. The molecule has 0 bridgehead atoms. The van der Waals surface area contributed by atoms with Gasteiger partial charge in [0, 0.05) is 0 Å². The third-order valence-corrected chi connectivity index (χ3v) is 0.769. The van der Waals surface area contributed by atoms with Gasteiger partial charge < -0.3 is 2.85 Å². The average Bonchev–Trinajstić information content (AvgIpc) is 1.59. The Labute approximate surface area is 73.0 Å². The summed E-state index contributed by atoms with van der Waals surface area (Å²) >= 11 is 0. The maximum Gasteiger partial charge on any atom is 2.00 e. The van der Waals surface area contributed by atoms with Crippen LogP contribution >= 0.6 is 0 Å². The summed E-state index contributed by atoms with van der Waals surface area (Å²) in [6.07, 6.45) is 1.22. The quantitative estimate of drug-likeness (QED) is 0.358. The molecule has 0 rings (SSSR count). The van der Waals surface area contributed by atoms with Crippen molar-refractivity contribution in [3.63, 3.8) is 0 Å². The Morgan fingerprint density at radius 2 is 2.22 bits per heavy atom. The molecule has 0 aliphatic carbocycles. The molecule has 6 heteroatoms. The summed E-state index contributed by atoms with van der Waals surface area (Å²) in [4.78, 5) is 0. The van der Waals surface area contributed by atoms with Gasteiger partial charge in [-0.05, 0) is 0 Å². The first kappa shape index (κ1) is 12.1. The van der Waals surface area contributed by atoms with Crippen LogP contribution in [0.15, 0.2) is 12.7 Å². The Morgan fingerprint density at radius 1 is 1.78 bits per heavy atom. The summed E-state index contributed by atoms with van der Waals surface area (Å²) in [6, 6.07) is 0. The number of rotatable bonds is 3. The smallest absolute Gasteiger partial charge is 1.00 e. The summed E-state index contributed by atoms with van der Waals surface area (Å²) in [7, 11) is -4.26. The predicted molar refractivity (Wildman–Crippen MR) is 35.7 cm³/mol. The molecule has 0 fully saturated rings. The van der Waals surface area contributed by atoms with Gasteiger partial charge >= 0.3 is 33.5 Å². The fraction of sp³-hybridized carbons (Fsp3) is 0.333. The van der Waals surface area contributed by atoms with Crippen molar-refractivity contribution in [1.82, 2.24) is 0 Å². The second-order valence-electron chi connectivity index (χ2n) is 1.00. The molecule has 0 aromatic heterocycles. The van der Waals surface area contributed by atoms with Crippen molar-refractivity contribution < 1.29 is 20.0 Å². The average molecular weight is 164 g/mol. The summed E-state index contributed by atoms with van der Waals surface area (Å²) in [6.45, 7) is 2.97. The van der Waals surface area contributed by atoms with E-state index in [1.54, 1.807) is 0 Å². The Balaban J connectivity index is -0.0000000817. The van der Waals surface area contributed by atoms with Gasteiger partial charge in [0.2, 0.25) is 0 Å². The van der Waals surface area contributed by atoms with E-state index in [2.05, 4.69) is 10.8 Å². The summed E-state index contributed by atoms with van der Waals surface area (Å²) < 4.78 is 31.0. The van der Waals surface area contributed by atoms with E-state index < -0.39 is 10.4 Å². The van der Waals surface area contributed by atoms with Gasteiger partial charge in [-0.15, -0.1) is 6.58 Å². The van der Waals surface area contributed by atoms with Crippen LogP contribution in [-0.2, 0) is 14.6 Å². The van der Waals surface area contributed by atoms with Crippen LogP contribution in [0.5, 0.6) is 0 Å². The van der Waals surface area contributed by atoms with Gasteiger partial charge in [0.15, 0.2) is 0 Å². The van der Waals surface area contributed by atoms with E-state index in [0.29, 0.717) is 0 Å². The van der Waals surface area contributed by atoms with Crippen LogP contribution in [0.2, 0.25) is 0 Å². The molecule has 52 valence electrons. The van der Waals surface area contributed by atoms with Crippen molar-refractivity contribution in [1.29, 1.82) is 0 Å². The zero-order chi connectivity index (χ0) is 6.62. The SMILES string of the molecule is C=CCOS(=O)(=O)O.[H-].[H-].[Mg+2]. The molecule has 0 atom stereocenters. The van der Waals surface area contributed by atoms with Gasteiger partial charge in [-0.3, -0.25) is 4.55 Å². The van der Waals surface area contributed by atoms with Crippen LogP contribution in [0.4, 0.5) is 0 Å². The Kier molecular flexibility index (Phi) is 6.96. The van der Waals surface area contributed by atoms with E-state index in [1.165, 1.54) is 6.08 Å². The summed E-state index contributed by atoms with van der Waals surface area (Å²) in [5.74, 6) is 0. The van der Waals surface area contributed by atoms with Gasteiger partial charge in [-0.25, -0.2) is 4.18 Å². The minimum Gasteiger partial charge on any atom is -1.00 e. The second-order valence-corrected chi connectivity index (χ2v) is 2.09. The molecule has 4 nitrogen and oxygen atoms in total. The summed E-state index contributed by atoms with van der Waals surface area (Å²) in [5.41, 5.74) is 0. The van der Waals surface area contributed by atoms with E-state index in [9.17, 15) is 8.42 Å². The zero-order valence-electron chi connectivity index (χ0n) is 6.78. The minimum atomic E-state index is -4.26. The number of hydrogen-bond donors (Lipinski definition) is 1. The van der Waals surface area contributed by atoms with E-state index in [-0.39, 0.29) is 32.5 Å². The molecule has 0 heterocycles. The molecular formula is C3H8MgO4S. The number of hydrogen-bond acceptors (Lipinski definition) is 3. The van der Waals surface area contributed by atoms with Gasteiger partial charge in [0.05, 0.1) is 6.61 Å². The van der Waals surface area contributed by atoms with E-state index >= 15 is 0 Å². The minimum absolute atomic E-state index is 0. The zero-order valence-corrected chi connectivity index (χ0v) is 7.01. The van der Waals surface area contributed by atoms with Crippen LogP contribution in [0.1, 0.15) is 2.85 Å².